The molecule has 1 heterocycles. The van der Waals surface area contributed by atoms with E-state index in [0.717, 1.165) is 26.5 Å². The summed E-state index contributed by atoms with van der Waals surface area (Å²) < 4.78 is 1.73. The van der Waals surface area contributed by atoms with E-state index < -0.39 is 0 Å². The van der Waals surface area contributed by atoms with E-state index in [1.54, 1.807) is 0 Å². The number of aromatic nitrogens is 2. The molecule has 3 rings (SSSR count). The van der Waals surface area contributed by atoms with Crippen LogP contribution in [0, 0.1) is 4.64 Å². The molecule has 0 atom stereocenters. The molecule has 0 aliphatic heterocycles. The van der Waals surface area contributed by atoms with Crippen LogP contribution in [0.3, 0.4) is 0 Å². The molecule has 2 aromatic carbocycles. The van der Waals surface area contributed by atoms with E-state index in [1.165, 1.54) is 0 Å². The van der Waals surface area contributed by atoms with Crippen molar-refractivity contribution in [3.05, 3.63) is 57.6 Å². The van der Waals surface area contributed by atoms with Crippen molar-refractivity contribution in [2.45, 2.75) is 0 Å². The summed E-state index contributed by atoms with van der Waals surface area (Å²) in [5, 5.41) is 9.37. The van der Waals surface area contributed by atoms with Gasteiger partial charge < -0.3 is 0 Å². The molecule has 3 aromatic rings. The van der Waals surface area contributed by atoms with E-state index in [-0.39, 0.29) is 0 Å². The van der Waals surface area contributed by atoms with Crippen LogP contribution in [0.25, 0.3) is 22.0 Å². The molecule has 1 aromatic heterocycles. The smallest absolute Gasteiger partial charge is 0.127 e. The Labute approximate surface area is 118 Å². The number of hydrogen-bond donors (Lipinski definition) is 1. The van der Waals surface area contributed by atoms with Crippen molar-refractivity contribution in [2.75, 3.05) is 0 Å². The summed E-state index contributed by atoms with van der Waals surface area (Å²) in [6, 6.07) is 16.1. The third kappa shape index (κ3) is 1.98. The van der Waals surface area contributed by atoms with E-state index in [9.17, 15) is 0 Å². The summed E-state index contributed by atoms with van der Waals surface area (Å²) in [7, 11) is 0. The lowest BCUT2D eigenvalue weighted by molar-refractivity contribution is 1.04. The number of rotatable bonds is 1. The van der Waals surface area contributed by atoms with Crippen LogP contribution in [0.15, 0.2) is 53.0 Å². The van der Waals surface area contributed by atoms with Gasteiger partial charge in [-0.3, -0.25) is 5.10 Å². The molecule has 0 fully saturated rings. The van der Waals surface area contributed by atoms with Gasteiger partial charge in [0.05, 0.1) is 5.69 Å². The lowest BCUT2D eigenvalue weighted by Gasteiger charge is -2.05. The van der Waals surface area contributed by atoms with Gasteiger partial charge in [0.15, 0.2) is 0 Å². The Hall–Kier alpha value is -1.52. The molecule has 0 saturated carbocycles. The van der Waals surface area contributed by atoms with Gasteiger partial charge in [-0.2, -0.15) is 5.10 Å². The Morgan fingerprint density at radius 3 is 2.33 bits per heavy atom. The Bertz CT molecular complexity index is 763. The molecule has 1 N–H and O–H groups in total. The summed E-state index contributed by atoms with van der Waals surface area (Å²) in [5.74, 6) is 0. The van der Waals surface area contributed by atoms with Crippen LogP contribution >= 0.6 is 28.1 Å². The minimum Gasteiger partial charge on any atom is -0.267 e. The molecular weight excluding hydrogens is 308 g/mol. The molecule has 0 unspecified atom stereocenters. The van der Waals surface area contributed by atoms with Gasteiger partial charge in [0.2, 0.25) is 0 Å². The van der Waals surface area contributed by atoms with Gasteiger partial charge in [-0.1, -0.05) is 64.5 Å². The van der Waals surface area contributed by atoms with Gasteiger partial charge in [-0.15, -0.1) is 0 Å². The first kappa shape index (κ1) is 11.6. The average Bonchev–Trinajstić information content (AvgIpc) is 2.41. The zero-order valence-corrected chi connectivity index (χ0v) is 11.8. The first-order valence-corrected chi connectivity index (χ1v) is 6.69. The number of hydrogen-bond acceptors (Lipinski definition) is 2. The van der Waals surface area contributed by atoms with Crippen molar-refractivity contribution in [1.29, 1.82) is 0 Å². The summed E-state index contributed by atoms with van der Waals surface area (Å²) in [4.78, 5) is 0. The molecular formula is C14H9BrN2S. The number of nitrogens with zero attached hydrogens (tertiary/aromatic N) is 1. The van der Waals surface area contributed by atoms with Crippen molar-refractivity contribution in [3.63, 3.8) is 0 Å². The van der Waals surface area contributed by atoms with Gasteiger partial charge in [0, 0.05) is 20.8 Å². The summed E-state index contributed by atoms with van der Waals surface area (Å²) in [6.45, 7) is 0. The fraction of sp³-hybridized carbons (Fsp3) is 0. The Kier molecular flexibility index (Phi) is 2.97. The Morgan fingerprint density at radius 1 is 0.944 bits per heavy atom. The van der Waals surface area contributed by atoms with Crippen LogP contribution in [0.5, 0.6) is 0 Å². The minimum absolute atomic E-state index is 0.673. The molecule has 88 valence electrons. The zero-order chi connectivity index (χ0) is 12.5. The highest BCUT2D eigenvalue weighted by atomic mass is 79.9. The third-order valence-corrected chi connectivity index (χ3v) is 3.65. The van der Waals surface area contributed by atoms with Gasteiger partial charge in [-0.05, 0) is 12.1 Å². The maximum absolute atomic E-state index is 5.26. The second-order valence-corrected chi connectivity index (χ2v) is 5.28. The van der Waals surface area contributed by atoms with Crippen molar-refractivity contribution in [3.8, 4) is 11.3 Å². The van der Waals surface area contributed by atoms with E-state index >= 15 is 0 Å². The van der Waals surface area contributed by atoms with Gasteiger partial charge in [0.1, 0.15) is 4.64 Å². The van der Waals surface area contributed by atoms with Crippen LogP contribution in [0.1, 0.15) is 0 Å². The van der Waals surface area contributed by atoms with Crippen LogP contribution in [0.2, 0.25) is 0 Å². The van der Waals surface area contributed by atoms with E-state index in [4.69, 9.17) is 12.2 Å². The fourth-order valence-corrected chi connectivity index (χ4v) is 2.43. The Morgan fingerprint density at radius 2 is 1.61 bits per heavy atom. The second-order valence-electron chi connectivity index (χ2n) is 3.95. The minimum atomic E-state index is 0.673. The number of nitrogens with one attached hydrogen (secondary N) is 1. The molecule has 0 saturated heterocycles. The quantitative estimate of drug-likeness (QED) is 0.658. The number of halogens is 1. The lowest BCUT2D eigenvalue weighted by Crippen LogP contribution is -1.90. The largest absolute Gasteiger partial charge is 0.267 e. The highest BCUT2D eigenvalue weighted by molar-refractivity contribution is 9.10. The molecule has 0 bridgehead atoms. The van der Waals surface area contributed by atoms with Crippen molar-refractivity contribution >= 4 is 38.9 Å². The van der Waals surface area contributed by atoms with Crippen LogP contribution < -0.4 is 0 Å². The molecule has 0 spiro atoms. The molecule has 0 aliphatic rings. The maximum Gasteiger partial charge on any atom is 0.127 e. The van der Waals surface area contributed by atoms with Crippen LogP contribution in [0.4, 0.5) is 0 Å². The second kappa shape index (κ2) is 4.63. The molecule has 0 aliphatic carbocycles. The normalized spacial score (nSPS) is 10.7. The number of H-pyrrole nitrogens is 1. The highest BCUT2D eigenvalue weighted by Gasteiger charge is 2.06. The fourth-order valence-electron chi connectivity index (χ4n) is 1.94. The molecule has 4 heteroatoms. The monoisotopic (exact) mass is 316 g/mol. The van der Waals surface area contributed by atoms with Gasteiger partial charge >= 0.3 is 0 Å². The zero-order valence-electron chi connectivity index (χ0n) is 9.35. The third-order valence-electron chi connectivity index (χ3n) is 2.81. The maximum atomic E-state index is 5.26. The highest BCUT2D eigenvalue weighted by Crippen LogP contribution is 2.27. The van der Waals surface area contributed by atoms with Crippen LogP contribution in [-0.4, -0.2) is 10.2 Å². The lowest BCUT2D eigenvalue weighted by atomic mass is 10.1. The first-order chi connectivity index (χ1) is 8.75. The predicted molar refractivity (Wildman–Crippen MR) is 80.1 cm³/mol. The summed E-state index contributed by atoms with van der Waals surface area (Å²) in [5.41, 5.74) is 1.99. The van der Waals surface area contributed by atoms with Gasteiger partial charge in [-0.25, -0.2) is 0 Å². The molecule has 2 nitrogen and oxygen atoms in total. The Balaban J connectivity index is 2.33. The first-order valence-electron chi connectivity index (χ1n) is 5.49. The van der Waals surface area contributed by atoms with Crippen molar-refractivity contribution in [2.24, 2.45) is 0 Å². The van der Waals surface area contributed by atoms with Crippen molar-refractivity contribution in [1.82, 2.24) is 10.2 Å². The summed E-state index contributed by atoms with van der Waals surface area (Å²) in [6.07, 6.45) is 0. The topological polar surface area (TPSA) is 28.7 Å². The summed E-state index contributed by atoms with van der Waals surface area (Å²) >= 11 is 8.69. The van der Waals surface area contributed by atoms with E-state index in [1.807, 2.05) is 48.5 Å². The van der Waals surface area contributed by atoms with E-state index in [0.29, 0.717) is 4.64 Å². The van der Waals surface area contributed by atoms with E-state index in [2.05, 4.69) is 26.1 Å². The SMILES string of the molecule is S=c1[nH]nc(-c2ccc(Br)cc2)c2ccccc12. The molecule has 18 heavy (non-hydrogen) atoms. The number of aromatic amines is 1. The number of benzene rings is 2. The number of fused-ring (bicyclic) bond motifs is 1. The van der Waals surface area contributed by atoms with Gasteiger partial charge in [0.25, 0.3) is 0 Å². The van der Waals surface area contributed by atoms with Crippen molar-refractivity contribution < 1.29 is 0 Å². The standard InChI is InChI=1S/C14H9BrN2S/c15-10-7-5-9(6-8-10)13-11-3-1-2-4-12(11)14(18)17-16-13/h1-8H,(H,17,18). The van der Waals surface area contributed by atoms with Crippen LogP contribution in [-0.2, 0) is 0 Å². The average molecular weight is 317 g/mol. The predicted octanol–water partition coefficient (Wildman–Crippen LogP) is 4.72. The molecule has 0 radical (unpaired) electrons. The molecule has 0 amide bonds.